The van der Waals surface area contributed by atoms with Crippen LogP contribution in [0.5, 0.6) is 0 Å². The number of benzene rings is 2. The zero-order chi connectivity index (χ0) is 23.2. The molecule has 7 heteroatoms. The van der Waals surface area contributed by atoms with Gasteiger partial charge in [0.2, 0.25) is 5.91 Å². The molecule has 166 valence electrons. The molecule has 0 aromatic heterocycles. The summed E-state index contributed by atoms with van der Waals surface area (Å²) in [5.41, 5.74) is 2.26. The van der Waals surface area contributed by atoms with Crippen molar-refractivity contribution in [1.82, 2.24) is 0 Å². The Labute approximate surface area is 196 Å². The Balaban J connectivity index is 1.95. The number of esters is 1. The van der Waals surface area contributed by atoms with Crippen molar-refractivity contribution >= 4 is 46.5 Å². The van der Waals surface area contributed by atoms with Gasteiger partial charge in [-0.1, -0.05) is 55.2 Å². The number of hydrogen-bond donors (Lipinski definition) is 0. The molecule has 1 aliphatic heterocycles. The highest BCUT2D eigenvalue weighted by atomic mass is 35.5. The maximum atomic E-state index is 13.6. The minimum Gasteiger partial charge on any atom is -0.465 e. The van der Waals surface area contributed by atoms with Crippen LogP contribution in [0.25, 0.3) is 0 Å². The molecular weight excluding hydrogens is 449 g/mol. The molecule has 0 saturated heterocycles. The average molecular weight is 472 g/mol. The van der Waals surface area contributed by atoms with Gasteiger partial charge in [0.05, 0.1) is 18.4 Å². The van der Waals surface area contributed by atoms with Gasteiger partial charge in [-0.2, -0.15) is 0 Å². The predicted octanol–water partition coefficient (Wildman–Crippen LogP) is 5.94. The smallest absolute Gasteiger partial charge is 0.339 e. The molecule has 1 atom stereocenters. The van der Waals surface area contributed by atoms with E-state index < -0.39 is 11.9 Å². The van der Waals surface area contributed by atoms with Gasteiger partial charge in [-0.25, -0.2) is 4.79 Å². The molecule has 1 unspecified atom stereocenters. The van der Waals surface area contributed by atoms with Gasteiger partial charge in [0.15, 0.2) is 5.78 Å². The molecule has 0 bridgehead atoms. The minimum atomic E-state index is -0.542. The van der Waals surface area contributed by atoms with Gasteiger partial charge in [-0.15, -0.1) is 0 Å². The SMILES string of the molecule is COC(=O)c1ccccc1N1C(=O)CC(c2ccc(Cl)cc2Cl)C2=C1CC(C)(C)CC2=O. The highest BCUT2D eigenvalue weighted by Crippen LogP contribution is 2.49. The molecule has 0 fully saturated rings. The first-order chi connectivity index (χ1) is 15.1. The number of amides is 1. The van der Waals surface area contributed by atoms with Crippen LogP contribution in [0.1, 0.15) is 54.9 Å². The fourth-order valence-corrected chi connectivity index (χ4v) is 5.24. The molecule has 0 spiro atoms. The lowest BCUT2D eigenvalue weighted by atomic mass is 9.69. The molecule has 4 rings (SSSR count). The van der Waals surface area contributed by atoms with Crippen molar-refractivity contribution in [2.45, 2.75) is 39.0 Å². The second-order valence-electron chi connectivity index (χ2n) is 8.96. The maximum Gasteiger partial charge on any atom is 0.339 e. The Morgan fingerprint density at radius 2 is 1.81 bits per heavy atom. The van der Waals surface area contributed by atoms with E-state index in [1.54, 1.807) is 42.5 Å². The van der Waals surface area contributed by atoms with Gasteiger partial charge >= 0.3 is 5.97 Å². The number of nitrogens with zero attached hydrogens (tertiary/aromatic N) is 1. The molecular formula is C25H23Cl2NO4. The van der Waals surface area contributed by atoms with Gasteiger partial charge in [0, 0.05) is 40.1 Å². The number of halogens is 2. The van der Waals surface area contributed by atoms with Crippen molar-refractivity contribution in [2.24, 2.45) is 5.41 Å². The molecule has 2 aromatic rings. The monoisotopic (exact) mass is 471 g/mol. The Kier molecular flexibility index (Phi) is 5.91. The summed E-state index contributed by atoms with van der Waals surface area (Å²) < 4.78 is 4.93. The van der Waals surface area contributed by atoms with E-state index in [4.69, 9.17) is 27.9 Å². The van der Waals surface area contributed by atoms with E-state index in [2.05, 4.69) is 0 Å². The maximum absolute atomic E-state index is 13.6. The molecule has 1 amide bonds. The number of methoxy groups -OCH3 is 1. The second kappa shape index (κ2) is 8.38. The first-order valence-electron chi connectivity index (χ1n) is 10.3. The number of carbonyl (C=O) groups excluding carboxylic acids is 3. The quantitative estimate of drug-likeness (QED) is 0.519. The molecule has 2 aromatic carbocycles. The number of allylic oxidation sites excluding steroid dienone is 2. The standard InChI is InChI=1S/C25H23Cl2NO4/c1-25(2)12-20-23(21(29)13-25)17(15-9-8-14(26)10-18(15)27)11-22(30)28(20)19-7-5-4-6-16(19)24(31)32-3/h4-10,17H,11-13H2,1-3H3. The third-order valence-corrected chi connectivity index (χ3v) is 6.59. The Morgan fingerprint density at radius 1 is 1.09 bits per heavy atom. The van der Waals surface area contributed by atoms with Crippen molar-refractivity contribution < 1.29 is 19.1 Å². The number of para-hydroxylation sites is 1. The van der Waals surface area contributed by atoms with Gasteiger partial charge in [-0.3, -0.25) is 14.5 Å². The van der Waals surface area contributed by atoms with Crippen molar-refractivity contribution in [3.8, 4) is 0 Å². The third kappa shape index (κ3) is 3.96. The van der Waals surface area contributed by atoms with Crippen LogP contribution in [0.3, 0.4) is 0 Å². The largest absolute Gasteiger partial charge is 0.465 e. The summed E-state index contributed by atoms with van der Waals surface area (Å²) in [4.78, 5) is 40.9. The van der Waals surface area contributed by atoms with Crippen molar-refractivity contribution in [2.75, 3.05) is 12.0 Å². The van der Waals surface area contributed by atoms with Crippen LogP contribution < -0.4 is 4.90 Å². The highest BCUT2D eigenvalue weighted by molar-refractivity contribution is 6.35. The van der Waals surface area contributed by atoms with Crippen LogP contribution in [0.15, 0.2) is 53.7 Å². The first-order valence-corrected chi connectivity index (χ1v) is 11.1. The number of carbonyl (C=O) groups is 3. The van der Waals surface area contributed by atoms with Crippen LogP contribution in [0.4, 0.5) is 5.69 Å². The summed E-state index contributed by atoms with van der Waals surface area (Å²) in [6, 6.07) is 11.9. The lowest BCUT2D eigenvalue weighted by molar-refractivity contribution is -0.121. The molecule has 0 N–H and O–H groups in total. The minimum absolute atomic E-state index is 0.0136. The summed E-state index contributed by atoms with van der Waals surface area (Å²) in [6.07, 6.45) is 0.938. The molecule has 2 aliphatic rings. The number of rotatable bonds is 3. The summed E-state index contributed by atoms with van der Waals surface area (Å²) in [5.74, 6) is -1.23. The number of hydrogen-bond acceptors (Lipinski definition) is 4. The van der Waals surface area contributed by atoms with Crippen molar-refractivity contribution in [3.05, 3.63) is 74.9 Å². The van der Waals surface area contributed by atoms with Crippen molar-refractivity contribution in [3.63, 3.8) is 0 Å². The molecule has 0 radical (unpaired) electrons. The Morgan fingerprint density at radius 3 is 2.50 bits per heavy atom. The molecule has 0 saturated carbocycles. The fraction of sp³-hybridized carbons (Fsp3) is 0.320. The summed E-state index contributed by atoms with van der Waals surface area (Å²) in [7, 11) is 1.30. The van der Waals surface area contributed by atoms with Crippen molar-refractivity contribution in [1.29, 1.82) is 0 Å². The van der Waals surface area contributed by atoms with Crippen LogP contribution in [-0.4, -0.2) is 24.8 Å². The summed E-state index contributed by atoms with van der Waals surface area (Å²) >= 11 is 12.5. The Hall–Kier alpha value is -2.63. The number of Topliss-reactive ketones (excluding diaryl/α,β-unsaturated/α-hetero) is 1. The normalized spacial score (nSPS) is 20.3. The number of anilines is 1. The lowest BCUT2D eigenvalue weighted by Crippen LogP contribution is -2.44. The van der Waals surface area contributed by atoms with Gasteiger partial charge in [0.1, 0.15) is 0 Å². The van der Waals surface area contributed by atoms with Gasteiger partial charge < -0.3 is 4.74 Å². The van der Waals surface area contributed by atoms with E-state index in [9.17, 15) is 14.4 Å². The molecule has 1 aliphatic carbocycles. The molecule has 32 heavy (non-hydrogen) atoms. The second-order valence-corrected chi connectivity index (χ2v) is 9.81. The van der Waals surface area contributed by atoms with E-state index in [0.29, 0.717) is 45.4 Å². The van der Waals surface area contributed by atoms with E-state index in [0.717, 1.165) is 0 Å². The van der Waals surface area contributed by atoms with Gasteiger partial charge in [0.25, 0.3) is 0 Å². The zero-order valence-corrected chi connectivity index (χ0v) is 19.6. The van der Waals surface area contributed by atoms with Crippen LogP contribution >= 0.6 is 23.2 Å². The molecule has 5 nitrogen and oxygen atoms in total. The fourth-order valence-electron chi connectivity index (χ4n) is 4.70. The van der Waals surface area contributed by atoms with Crippen LogP contribution in [0.2, 0.25) is 10.0 Å². The van der Waals surface area contributed by atoms with E-state index in [-0.39, 0.29) is 29.1 Å². The lowest BCUT2D eigenvalue weighted by Gasteiger charge is -2.43. The van der Waals surface area contributed by atoms with E-state index in [1.165, 1.54) is 12.0 Å². The third-order valence-electron chi connectivity index (χ3n) is 6.03. The topological polar surface area (TPSA) is 63.7 Å². The zero-order valence-electron chi connectivity index (χ0n) is 18.1. The van der Waals surface area contributed by atoms with E-state index in [1.807, 2.05) is 13.8 Å². The van der Waals surface area contributed by atoms with Crippen LogP contribution in [-0.2, 0) is 14.3 Å². The number of ketones is 1. The van der Waals surface area contributed by atoms with Gasteiger partial charge in [-0.05, 0) is 41.7 Å². The summed E-state index contributed by atoms with van der Waals surface area (Å²) in [6.45, 7) is 4.00. The Bertz CT molecular complexity index is 1170. The first kappa shape index (κ1) is 22.6. The highest BCUT2D eigenvalue weighted by Gasteiger charge is 2.45. The molecule has 1 heterocycles. The predicted molar refractivity (Wildman–Crippen MR) is 124 cm³/mol. The number of ether oxygens (including phenoxy) is 1. The van der Waals surface area contributed by atoms with Crippen LogP contribution in [0, 0.1) is 5.41 Å². The van der Waals surface area contributed by atoms with E-state index >= 15 is 0 Å². The average Bonchev–Trinajstić information content (AvgIpc) is 2.71. The summed E-state index contributed by atoms with van der Waals surface area (Å²) in [5, 5.41) is 0.906.